The highest BCUT2D eigenvalue weighted by molar-refractivity contribution is 5.91. The number of urea groups is 1. The first-order chi connectivity index (χ1) is 11.0. The van der Waals surface area contributed by atoms with Crippen molar-refractivity contribution in [3.05, 3.63) is 29.6 Å². The summed E-state index contributed by atoms with van der Waals surface area (Å²) >= 11 is 0. The lowest BCUT2D eigenvalue weighted by molar-refractivity contribution is 0.176. The highest BCUT2D eigenvalue weighted by atomic mass is 19.1. The summed E-state index contributed by atoms with van der Waals surface area (Å²) < 4.78 is 18.8. The van der Waals surface area contributed by atoms with Gasteiger partial charge >= 0.3 is 12.1 Å². The van der Waals surface area contributed by atoms with Crippen molar-refractivity contribution in [2.75, 3.05) is 18.1 Å². The van der Waals surface area contributed by atoms with Crippen molar-refractivity contribution in [3.8, 4) is 0 Å². The molecule has 7 heteroatoms. The second kappa shape index (κ2) is 6.06. The van der Waals surface area contributed by atoms with Crippen LogP contribution in [0.4, 0.5) is 19.7 Å². The monoisotopic (exact) mass is 321 g/mol. The van der Waals surface area contributed by atoms with Crippen molar-refractivity contribution in [3.63, 3.8) is 0 Å². The lowest BCUT2D eigenvalue weighted by Crippen LogP contribution is -2.46. The van der Waals surface area contributed by atoms with Crippen molar-refractivity contribution >= 4 is 17.8 Å². The van der Waals surface area contributed by atoms with Gasteiger partial charge in [-0.25, -0.2) is 14.0 Å². The molecule has 2 aliphatic rings. The molecule has 3 rings (SSSR count). The quantitative estimate of drug-likeness (QED) is 0.864. The average Bonchev–Trinajstić information content (AvgIpc) is 2.82. The van der Waals surface area contributed by atoms with Crippen molar-refractivity contribution in [1.29, 1.82) is 0 Å². The van der Waals surface area contributed by atoms with Crippen LogP contribution in [0.15, 0.2) is 18.2 Å². The van der Waals surface area contributed by atoms with Crippen molar-refractivity contribution in [2.24, 2.45) is 0 Å². The number of halogens is 1. The van der Waals surface area contributed by atoms with Gasteiger partial charge in [-0.05, 0) is 38.0 Å². The Morgan fingerprint density at radius 2 is 2.22 bits per heavy atom. The fourth-order valence-electron chi connectivity index (χ4n) is 2.96. The minimum atomic E-state index is -0.457. The summed E-state index contributed by atoms with van der Waals surface area (Å²) in [5, 5.41) is 2.87. The molecular formula is C16H20FN3O3. The summed E-state index contributed by atoms with van der Waals surface area (Å²) in [4.78, 5) is 27.5. The van der Waals surface area contributed by atoms with E-state index in [1.165, 1.54) is 17.0 Å². The Kier molecular flexibility index (Phi) is 4.11. The number of cyclic esters (lactones) is 1. The maximum atomic E-state index is 13.7. The third-order valence-electron chi connectivity index (χ3n) is 4.06. The summed E-state index contributed by atoms with van der Waals surface area (Å²) in [6.45, 7) is 4.89. The minimum Gasteiger partial charge on any atom is -0.447 e. The summed E-state index contributed by atoms with van der Waals surface area (Å²) in [5.41, 5.74) is 1.22. The van der Waals surface area contributed by atoms with Crippen LogP contribution in [0.1, 0.15) is 25.8 Å². The second-order valence-electron chi connectivity index (χ2n) is 6.19. The van der Waals surface area contributed by atoms with Gasteiger partial charge in [0.05, 0.1) is 11.7 Å². The Labute approximate surface area is 134 Å². The Hall–Kier alpha value is -2.31. The summed E-state index contributed by atoms with van der Waals surface area (Å²) in [5.74, 6) is -0.416. The molecule has 1 atom stereocenters. The van der Waals surface area contributed by atoms with Gasteiger partial charge in [-0.15, -0.1) is 0 Å². The number of benzene rings is 1. The van der Waals surface area contributed by atoms with Crippen LogP contribution >= 0.6 is 0 Å². The Bertz CT molecular complexity index is 635. The Balaban J connectivity index is 1.95. The number of hydrogen-bond donors (Lipinski definition) is 1. The van der Waals surface area contributed by atoms with E-state index in [-0.39, 0.29) is 24.7 Å². The Morgan fingerprint density at radius 1 is 1.43 bits per heavy atom. The van der Waals surface area contributed by atoms with E-state index >= 15 is 0 Å². The lowest BCUT2D eigenvalue weighted by Gasteiger charge is -2.32. The van der Waals surface area contributed by atoms with E-state index in [2.05, 4.69) is 5.32 Å². The normalized spacial score (nSPS) is 20.5. The molecule has 1 fully saturated rings. The average molecular weight is 321 g/mol. The molecule has 1 N–H and O–H groups in total. The van der Waals surface area contributed by atoms with Gasteiger partial charge in [0, 0.05) is 19.1 Å². The maximum absolute atomic E-state index is 13.7. The van der Waals surface area contributed by atoms with Crippen molar-refractivity contribution in [2.45, 2.75) is 38.9 Å². The molecular weight excluding hydrogens is 301 g/mol. The first-order valence-corrected chi connectivity index (χ1v) is 7.75. The van der Waals surface area contributed by atoms with E-state index in [0.29, 0.717) is 25.2 Å². The predicted octanol–water partition coefficient (Wildman–Crippen LogP) is 2.47. The summed E-state index contributed by atoms with van der Waals surface area (Å²) in [7, 11) is 0. The number of carbonyl (C=O) groups is 2. The number of carbonyl (C=O) groups excluding carboxylic acids is 2. The largest absolute Gasteiger partial charge is 0.447 e. The number of fused-ring (bicyclic) bond motifs is 3. The summed E-state index contributed by atoms with van der Waals surface area (Å²) in [6, 6.07) is 3.99. The van der Waals surface area contributed by atoms with Gasteiger partial charge in [0.15, 0.2) is 0 Å². The molecule has 124 valence electrons. The van der Waals surface area contributed by atoms with Gasteiger partial charge in [-0.3, -0.25) is 4.90 Å². The van der Waals surface area contributed by atoms with Gasteiger partial charge in [0.1, 0.15) is 12.4 Å². The third-order valence-corrected chi connectivity index (χ3v) is 4.06. The molecule has 0 spiro atoms. The van der Waals surface area contributed by atoms with Gasteiger partial charge < -0.3 is 15.0 Å². The van der Waals surface area contributed by atoms with E-state index in [1.807, 2.05) is 13.8 Å². The lowest BCUT2D eigenvalue weighted by atomic mass is 10.1. The third kappa shape index (κ3) is 3.09. The minimum absolute atomic E-state index is 0.0357. The summed E-state index contributed by atoms with van der Waals surface area (Å²) in [6.07, 6.45) is 0.134. The van der Waals surface area contributed by atoms with Crippen molar-refractivity contribution in [1.82, 2.24) is 10.2 Å². The highest BCUT2D eigenvalue weighted by Gasteiger charge is 2.37. The smallest absolute Gasteiger partial charge is 0.414 e. The van der Waals surface area contributed by atoms with Crippen LogP contribution in [0.2, 0.25) is 0 Å². The fourth-order valence-corrected chi connectivity index (χ4v) is 2.96. The van der Waals surface area contributed by atoms with Gasteiger partial charge in [-0.2, -0.15) is 0 Å². The van der Waals surface area contributed by atoms with Gasteiger partial charge in [0.25, 0.3) is 0 Å². The van der Waals surface area contributed by atoms with E-state index < -0.39 is 11.9 Å². The number of ether oxygens (including phenoxy) is 1. The zero-order valence-electron chi connectivity index (χ0n) is 13.2. The molecule has 0 saturated carbocycles. The molecule has 0 aromatic heterocycles. The van der Waals surface area contributed by atoms with Crippen LogP contribution < -0.4 is 10.2 Å². The van der Waals surface area contributed by atoms with E-state index in [1.54, 1.807) is 11.0 Å². The van der Waals surface area contributed by atoms with Crippen LogP contribution in [-0.4, -0.2) is 42.3 Å². The number of anilines is 1. The predicted molar refractivity (Wildman–Crippen MR) is 82.7 cm³/mol. The number of nitrogens with one attached hydrogen (secondary N) is 1. The first-order valence-electron chi connectivity index (χ1n) is 7.75. The fraction of sp³-hybridized carbons (Fsp3) is 0.500. The molecule has 1 aromatic rings. The molecule has 1 saturated heterocycles. The number of nitrogens with zero attached hydrogens (tertiary/aromatic N) is 2. The molecule has 0 radical (unpaired) electrons. The zero-order valence-corrected chi connectivity index (χ0v) is 13.2. The Morgan fingerprint density at radius 3 is 2.96 bits per heavy atom. The van der Waals surface area contributed by atoms with Gasteiger partial charge in [0.2, 0.25) is 0 Å². The van der Waals surface area contributed by atoms with E-state index in [9.17, 15) is 14.0 Å². The van der Waals surface area contributed by atoms with E-state index in [0.717, 1.165) is 5.56 Å². The highest BCUT2D eigenvalue weighted by Crippen LogP contribution is 2.32. The zero-order chi connectivity index (χ0) is 16.6. The SMILES string of the molecule is CC(C)NC(=O)N1CCC2COC(=O)N2c2cc(F)ccc2C1. The van der Waals surface area contributed by atoms with Crippen LogP contribution in [0, 0.1) is 5.82 Å². The molecule has 0 bridgehead atoms. The van der Waals surface area contributed by atoms with Gasteiger partial charge in [-0.1, -0.05) is 6.07 Å². The molecule has 0 aliphatic carbocycles. The maximum Gasteiger partial charge on any atom is 0.414 e. The van der Waals surface area contributed by atoms with Crippen LogP contribution in [0.5, 0.6) is 0 Å². The molecule has 2 aliphatic heterocycles. The standard InChI is InChI=1S/C16H20FN3O3/c1-10(2)18-15(21)19-6-5-13-9-23-16(22)20(13)14-7-12(17)4-3-11(14)8-19/h3-4,7,10,13H,5-6,8-9H2,1-2H3,(H,18,21). The number of amides is 3. The molecule has 23 heavy (non-hydrogen) atoms. The number of hydrogen-bond acceptors (Lipinski definition) is 3. The van der Waals surface area contributed by atoms with E-state index in [4.69, 9.17) is 4.74 Å². The topological polar surface area (TPSA) is 61.9 Å². The molecule has 3 amide bonds. The van der Waals surface area contributed by atoms with Crippen LogP contribution in [-0.2, 0) is 11.3 Å². The second-order valence-corrected chi connectivity index (χ2v) is 6.19. The first kappa shape index (κ1) is 15.6. The molecule has 1 aromatic carbocycles. The molecule has 1 unspecified atom stereocenters. The number of rotatable bonds is 1. The molecule has 2 heterocycles. The van der Waals surface area contributed by atoms with Crippen LogP contribution in [0.25, 0.3) is 0 Å². The van der Waals surface area contributed by atoms with Crippen molar-refractivity contribution < 1.29 is 18.7 Å². The molecule has 6 nitrogen and oxygen atoms in total. The van der Waals surface area contributed by atoms with Crippen LogP contribution in [0.3, 0.4) is 0 Å².